The van der Waals surface area contributed by atoms with Crippen molar-refractivity contribution in [3.05, 3.63) is 29.3 Å². The van der Waals surface area contributed by atoms with Crippen molar-refractivity contribution in [2.24, 2.45) is 0 Å². The summed E-state index contributed by atoms with van der Waals surface area (Å²) in [5, 5.41) is 11.1. The highest BCUT2D eigenvalue weighted by Gasteiger charge is 2.29. The second-order valence-corrected chi connectivity index (χ2v) is 9.09. The van der Waals surface area contributed by atoms with Crippen molar-refractivity contribution in [3.63, 3.8) is 0 Å². The predicted octanol–water partition coefficient (Wildman–Crippen LogP) is 7.89. The quantitative estimate of drug-likeness (QED) is 0.381. The van der Waals surface area contributed by atoms with Gasteiger partial charge < -0.3 is 5.11 Å². The molecule has 0 heterocycles. The van der Waals surface area contributed by atoms with Crippen molar-refractivity contribution in [3.8, 4) is 5.75 Å². The summed E-state index contributed by atoms with van der Waals surface area (Å²) in [7, 11) is 0. The van der Waals surface area contributed by atoms with E-state index in [1.807, 2.05) is 0 Å². The third kappa shape index (κ3) is 6.68. The topological polar surface area (TPSA) is 20.2 Å². The molecule has 0 radical (unpaired) electrons. The summed E-state index contributed by atoms with van der Waals surface area (Å²) >= 11 is 0. The molecule has 0 saturated carbocycles. The summed E-state index contributed by atoms with van der Waals surface area (Å²) in [6.45, 7) is 13.6. The zero-order chi connectivity index (χ0) is 18.9. The number of para-hydroxylation sites is 1. The molecular formula is C24H42O. The zero-order valence-electron chi connectivity index (χ0n) is 17.8. The van der Waals surface area contributed by atoms with Crippen LogP contribution < -0.4 is 0 Å². The van der Waals surface area contributed by atoms with Crippen LogP contribution in [0, 0.1) is 0 Å². The lowest BCUT2D eigenvalue weighted by Crippen LogP contribution is -2.21. The fourth-order valence-electron chi connectivity index (χ4n) is 3.89. The van der Waals surface area contributed by atoms with Gasteiger partial charge in [-0.1, -0.05) is 111 Å². The molecule has 1 aromatic carbocycles. The molecule has 0 fully saturated rings. The second kappa shape index (κ2) is 10.2. The van der Waals surface area contributed by atoms with Gasteiger partial charge >= 0.3 is 0 Å². The smallest absolute Gasteiger partial charge is 0.123 e. The van der Waals surface area contributed by atoms with Gasteiger partial charge in [0.15, 0.2) is 0 Å². The fourth-order valence-corrected chi connectivity index (χ4v) is 3.89. The van der Waals surface area contributed by atoms with E-state index in [0.29, 0.717) is 5.75 Å². The highest BCUT2D eigenvalue weighted by molar-refractivity contribution is 5.47. The molecule has 0 aliphatic rings. The minimum Gasteiger partial charge on any atom is -0.507 e. The summed E-state index contributed by atoms with van der Waals surface area (Å²) in [6.07, 6.45) is 12.5. The van der Waals surface area contributed by atoms with E-state index in [-0.39, 0.29) is 10.8 Å². The first-order chi connectivity index (χ1) is 11.8. The van der Waals surface area contributed by atoms with Crippen molar-refractivity contribution in [2.75, 3.05) is 0 Å². The van der Waals surface area contributed by atoms with Crippen LogP contribution in [-0.2, 0) is 10.8 Å². The lowest BCUT2D eigenvalue weighted by molar-refractivity contribution is 0.379. The summed E-state index contributed by atoms with van der Waals surface area (Å²) in [6, 6.07) is 6.40. The Labute approximate surface area is 157 Å². The molecule has 0 aliphatic heterocycles. The van der Waals surface area contributed by atoms with Crippen LogP contribution in [0.4, 0.5) is 0 Å². The molecule has 0 saturated heterocycles. The van der Waals surface area contributed by atoms with Gasteiger partial charge in [-0.3, -0.25) is 0 Å². The molecule has 0 atom stereocenters. The summed E-state index contributed by atoms with van der Waals surface area (Å²) in [5.41, 5.74) is 2.32. The van der Waals surface area contributed by atoms with Crippen molar-refractivity contribution < 1.29 is 5.11 Å². The van der Waals surface area contributed by atoms with Crippen molar-refractivity contribution >= 4 is 0 Å². The highest BCUT2D eigenvalue weighted by Crippen LogP contribution is 2.42. The number of benzene rings is 1. The molecule has 144 valence electrons. The normalized spacial score (nSPS) is 12.6. The van der Waals surface area contributed by atoms with Gasteiger partial charge in [0, 0.05) is 0 Å². The number of rotatable bonds is 12. The average Bonchev–Trinajstić information content (AvgIpc) is 2.54. The van der Waals surface area contributed by atoms with Gasteiger partial charge in [-0.15, -0.1) is 0 Å². The van der Waals surface area contributed by atoms with Gasteiger partial charge in [0.2, 0.25) is 0 Å². The molecule has 1 rings (SSSR count). The van der Waals surface area contributed by atoms with E-state index >= 15 is 0 Å². The van der Waals surface area contributed by atoms with Crippen molar-refractivity contribution in [2.45, 2.75) is 117 Å². The molecule has 0 aromatic heterocycles. The van der Waals surface area contributed by atoms with E-state index < -0.39 is 0 Å². The molecule has 0 amide bonds. The number of phenols is 1. The maximum atomic E-state index is 11.1. The molecule has 1 N–H and O–H groups in total. The molecule has 1 heteroatoms. The van der Waals surface area contributed by atoms with Crippen LogP contribution in [0.15, 0.2) is 18.2 Å². The monoisotopic (exact) mass is 346 g/mol. The molecule has 0 bridgehead atoms. The van der Waals surface area contributed by atoms with Crippen LogP contribution in [0.2, 0.25) is 0 Å². The predicted molar refractivity (Wildman–Crippen MR) is 112 cm³/mol. The van der Waals surface area contributed by atoms with Gasteiger partial charge in [-0.25, -0.2) is 0 Å². The van der Waals surface area contributed by atoms with E-state index in [0.717, 1.165) is 24.0 Å². The Hall–Kier alpha value is -0.980. The van der Waals surface area contributed by atoms with Gasteiger partial charge in [0.25, 0.3) is 0 Å². The SMILES string of the molecule is CCCCCCCC(C)(C)c1cccc(C(C)(C)CCCCC)c1O. The lowest BCUT2D eigenvalue weighted by Gasteiger charge is -2.31. The summed E-state index contributed by atoms with van der Waals surface area (Å²) < 4.78 is 0. The maximum Gasteiger partial charge on any atom is 0.123 e. The number of phenolic OH excluding ortho intramolecular Hbond substituents is 1. The first-order valence-corrected chi connectivity index (χ1v) is 10.6. The number of unbranched alkanes of at least 4 members (excludes halogenated alkanes) is 6. The number of hydrogen-bond acceptors (Lipinski definition) is 1. The molecule has 0 unspecified atom stereocenters. The summed E-state index contributed by atoms with van der Waals surface area (Å²) in [4.78, 5) is 0. The van der Waals surface area contributed by atoms with Gasteiger partial charge in [0.05, 0.1) is 0 Å². The molecule has 0 spiro atoms. The first kappa shape index (κ1) is 22.1. The minimum atomic E-state index is 0.0335. The van der Waals surface area contributed by atoms with Gasteiger partial charge in [-0.05, 0) is 34.8 Å². The van der Waals surface area contributed by atoms with Crippen LogP contribution >= 0.6 is 0 Å². The number of aromatic hydroxyl groups is 1. The first-order valence-electron chi connectivity index (χ1n) is 10.6. The molecule has 0 aliphatic carbocycles. The third-order valence-electron chi connectivity index (χ3n) is 5.80. The van der Waals surface area contributed by atoms with E-state index in [4.69, 9.17) is 0 Å². The van der Waals surface area contributed by atoms with Crippen LogP contribution in [0.1, 0.15) is 117 Å². The van der Waals surface area contributed by atoms with E-state index in [1.54, 1.807) is 0 Å². The molecule has 1 aromatic rings. The molecule has 1 nitrogen and oxygen atoms in total. The Morgan fingerprint density at radius 3 is 1.56 bits per heavy atom. The second-order valence-electron chi connectivity index (χ2n) is 9.09. The maximum absolute atomic E-state index is 11.1. The van der Waals surface area contributed by atoms with Crippen LogP contribution in [0.5, 0.6) is 5.75 Å². The zero-order valence-corrected chi connectivity index (χ0v) is 17.8. The van der Waals surface area contributed by atoms with E-state index in [2.05, 4.69) is 59.7 Å². The van der Waals surface area contributed by atoms with Crippen LogP contribution in [-0.4, -0.2) is 5.11 Å². The summed E-state index contributed by atoms with van der Waals surface area (Å²) in [5.74, 6) is 0.544. The molecule has 25 heavy (non-hydrogen) atoms. The highest BCUT2D eigenvalue weighted by atomic mass is 16.3. The Kier molecular flexibility index (Phi) is 9.03. The Bertz CT molecular complexity index is 499. The van der Waals surface area contributed by atoms with Gasteiger partial charge in [0.1, 0.15) is 5.75 Å². The van der Waals surface area contributed by atoms with Gasteiger partial charge in [-0.2, -0.15) is 0 Å². The Morgan fingerprint density at radius 2 is 1.08 bits per heavy atom. The van der Waals surface area contributed by atoms with Crippen LogP contribution in [0.3, 0.4) is 0 Å². The fraction of sp³-hybridized carbons (Fsp3) is 0.750. The minimum absolute atomic E-state index is 0.0335. The van der Waals surface area contributed by atoms with E-state index in [9.17, 15) is 5.11 Å². The molecular weight excluding hydrogens is 304 g/mol. The van der Waals surface area contributed by atoms with Crippen molar-refractivity contribution in [1.82, 2.24) is 0 Å². The third-order valence-corrected chi connectivity index (χ3v) is 5.80. The Morgan fingerprint density at radius 1 is 0.680 bits per heavy atom. The lowest BCUT2D eigenvalue weighted by atomic mass is 9.74. The Balaban J connectivity index is 2.87. The van der Waals surface area contributed by atoms with Crippen LogP contribution in [0.25, 0.3) is 0 Å². The average molecular weight is 347 g/mol. The van der Waals surface area contributed by atoms with Crippen molar-refractivity contribution in [1.29, 1.82) is 0 Å². The standard InChI is InChI=1S/C24H42O/c1-7-9-11-12-14-19-24(5,6)21-17-15-16-20(22(21)25)23(3,4)18-13-10-8-2/h15-17,25H,7-14,18-19H2,1-6H3. The number of hydrogen-bond donors (Lipinski definition) is 1. The largest absolute Gasteiger partial charge is 0.507 e. The van der Waals surface area contributed by atoms with E-state index in [1.165, 1.54) is 51.4 Å².